The van der Waals surface area contributed by atoms with E-state index < -0.39 is 0 Å². The number of rotatable bonds is 5. The van der Waals surface area contributed by atoms with E-state index in [1.807, 2.05) is 4.68 Å². The van der Waals surface area contributed by atoms with Crippen LogP contribution in [0, 0.1) is 0 Å². The van der Waals surface area contributed by atoms with Crippen LogP contribution >= 0.6 is 0 Å². The summed E-state index contributed by atoms with van der Waals surface area (Å²) in [6.07, 6.45) is 6.95. The van der Waals surface area contributed by atoms with Crippen molar-refractivity contribution in [1.82, 2.24) is 30.0 Å². The predicted octanol–water partition coefficient (Wildman–Crippen LogP) is 3.53. The van der Waals surface area contributed by atoms with Crippen molar-refractivity contribution in [2.75, 3.05) is 45.2 Å². The zero-order valence-corrected chi connectivity index (χ0v) is 20.0. The first-order valence-electron chi connectivity index (χ1n) is 11.9. The van der Waals surface area contributed by atoms with Gasteiger partial charge in [0, 0.05) is 52.0 Å². The Kier molecular flexibility index (Phi) is 6.63. The van der Waals surface area contributed by atoms with E-state index in [-0.39, 0.29) is 11.6 Å². The molecule has 0 spiro atoms. The average Bonchev–Trinajstić information content (AvgIpc) is 3.25. The molecule has 0 unspecified atom stereocenters. The van der Waals surface area contributed by atoms with Crippen LogP contribution in [0.1, 0.15) is 70.3 Å². The normalized spacial score (nSPS) is 20.7. The Bertz CT molecular complexity index is 822. The van der Waals surface area contributed by atoms with Gasteiger partial charge < -0.3 is 4.90 Å². The van der Waals surface area contributed by atoms with E-state index in [9.17, 15) is 0 Å². The zero-order valence-electron chi connectivity index (χ0n) is 20.0. The van der Waals surface area contributed by atoms with Crippen molar-refractivity contribution in [3.63, 3.8) is 0 Å². The van der Waals surface area contributed by atoms with E-state index in [2.05, 4.69) is 89.4 Å². The molecule has 2 heterocycles. The van der Waals surface area contributed by atoms with Gasteiger partial charge >= 0.3 is 0 Å². The fourth-order valence-electron chi connectivity index (χ4n) is 5.13. The van der Waals surface area contributed by atoms with Gasteiger partial charge in [-0.05, 0) is 61.7 Å². The minimum Gasteiger partial charge on any atom is -0.378 e. The van der Waals surface area contributed by atoms with Gasteiger partial charge in [-0.1, -0.05) is 31.4 Å². The molecule has 1 saturated heterocycles. The van der Waals surface area contributed by atoms with Crippen molar-refractivity contribution in [1.29, 1.82) is 0 Å². The van der Waals surface area contributed by atoms with Crippen LogP contribution in [0.4, 0.5) is 5.69 Å². The number of benzene rings is 1. The van der Waals surface area contributed by atoms with E-state index in [1.54, 1.807) is 0 Å². The highest BCUT2D eigenvalue weighted by Gasteiger charge is 2.34. The van der Waals surface area contributed by atoms with Crippen molar-refractivity contribution in [3.05, 3.63) is 35.7 Å². The maximum Gasteiger partial charge on any atom is 0.173 e. The number of tetrazole rings is 1. The molecule has 2 fully saturated rings. The molecule has 7 nitrogen and oxygen atoms in total. The summed E-state index contributed by atoms with van der Waals surface area (Å²) in [4.78, 5) is 7.45. The third-order valence-electron chi connectivity index (χ3n) is 6.90. The molecule has 1 aromatic carbocycles. The van der Waals surface area contributed by atoms with E-state index in [0.29, 0.717) is 0 Å². The minimum atomic E-state index is -0.162. The van der Waals surface area contributed by atoms with Gasteiger partial charge in [0.15, 0.2) is 5.82 Å². The summed E-state index contributed by atoms with van der Waals surface area (Å²) < 4.78 is 2.00. The second-order valence-corrected chi connectivity index (χ2v) is 10.4. The Morgan fingerprint density at radius 1 is 0.935 bits per heavy atom. The van der Waals surface area contributed by atoms with Crippen LogP contribution in [-0.2, 0) is 5.54 Å². The summed E-state index contributed by atoms with van der Waals surface area (Å²) in [5, 5.41) is 13.0. The number of hydrogen-bond donors (Lipinski definition) is 0. The van der Waals surface area contributed by atoms with Crippen LogP contribution in [0.2, 0.25) is 0 Å². The van der Waals surface area contributed by atoms with Crippen molar-refractivity contribution in [2.24, 2.45) is 0 Å². The molecule has 31 heavy (non-hydrogen) atoms. The Hall–Kier alpha value is -1.99. The van der Waals surface area contributed by atoms with E-state index in [1.165, 1.54) is 43.4 Å². The van der Waals surface area contributed by atoms with E-state index >= 15 is 0 Å². The number of hydrogen-bond acceptors (Lipinski definition) is 6. The number of piperazine rings is 1. The summed E-state index contributed by atoms with van der Waals surface area (Å²) in [6, 6.07) is 9.75. The first-order chi connectivity index (χ1) is 14.8. The quantitative estimate of drug-likeness (QED) is 0.730. The summed E-state index contributed by atoms with van der Waals surface area (Å²) >= 11 is 0. The fraction of sp³-hybridized carbons (Fsp3) is 0.708. The first-order valence-corrected chi connectivity index (χ1v) is 11.9. The molecule has 0 bridgehead atoms. The lowest BCUT2D eigenvalue weighted by Crippen LogP contribution is -2.52. The summed E-state index contributed by atoms with van der Waals surface area (Å²) in [7, 11) is 4.16. The summed E-state index contributed by atoms with van der Waals surface area (Å²) in [5.74, 6) is 0.941. The Balaban J connectivity index is 1.60. The Morgan fingerprint density at radius 3 is 2.16 bits per heavy atom. The second kappa shape index (κ2) is 9.25. The zero-order chi connectivity index (χ0) is 22.0. The van der Waals surface area contributed by atoms with Crippen molar-refractivity contribution < 1.29 is 0 Å². The molecule has 1 aromatic heterocycles. The van der Waals surface area contributed by atoms with Gasteiger partial charge in [0.25, 0.3) is 0 Å². The molecule has 0 N–H and O–H groups in total. The molecule has 0 radical (unpaired) electrons. The molecular weight excluding hydrogens is 386 g/mol. The largest absolute Gasteiger partial charge is 0.378 e. The second-order valence-electron chi connectivity index (χ2n) is 10.4. The van der Waals surface area contributed by atoms with Crippen LogP contribution in [0.15, 0.2) is 24.3 Å². The van der Waals surface area contributed by atoms with Crippen LogP contribution in [0.3, 0.4) is 0 Å². The predicted molar refractivity (Wildman–Crippen MR) is 125 cm³/mol. The monoisotopic (exact) mass is 425 g/mol. The van der Waals surface area contributed by atoms with Gasteiger partial charge in [-0.25, -0.2) is 4.68 Å². The van der Waals surface area contributed by atoms with Gasteiger partial charge in [0.1, 0.15) is 0 Å². The lowest BCUT2D eigenvalue weighted by Gasteiger charge is -2.43. The maximum atomic E-state index is 4.54. The van der Waals surface area contributed by atoms with Crippen molar-refractivity contribution in [2.45, 2.75) is 70.5 Å². The molecule has 170 valence electrons. The van der Waals surface area contributed by atoms with Gasteiger partial charge in [-0.2, -0.15) is 0 Å². The number of anilines is 1. The lowest BCUT2D eigenvalue weighted by molar-refractivity contribution is 0.0609. The Labute approximate surface area is 187 Å². The standard InChI is InChI=1S/C24H39N7/c1-24(2,3)31-23(25-26-27-31)22(19-11-13-20(14-12-19)28(4)5)30-17-15-29(16-18-30)21-9-7-6-8-10-21/h11-14,21-22H,6-10,15-18H2,1-5H3/t22-/m0/s1. The first kappa shape index (κ1) is 22.2. The van der Waals surface area contributed by atoms with Gasteiger partial charge in [0.2, 0.25) is 0 Å². The molecule has 1 atom stereocenters. The lowest BCUT2D eigenvalue weighted by atomic mass is 9.93. The molecule has 7 heteroatoms. The summed E-state index contributed by atoms with van der Waals surface area (Å²) in [6.45, 7) is 10.9. The molecule has 0 amide bonds. The molecule has 2 aromatic rings. The third kappa shape index (κ3) is 4.93. The van der Waals surface area contributed by atoms with Crippen LogP contribution < -0.4 is 4.90 Å². The van der Waals surface area contributed by atoms with E-state index in [4.69, 9.17) is 0 Å². The van der Waals surface area contributed by atoms with Crippen molar-refractivity contribution in [3.8, 4) is 0 Å². The number of nitrogens with zero attached hydrogens (tertiary/aromatic N) is 7. The average molecular weight is 426 g/mol. The highest BCUT2D eigenvalue weighted by Crippen LogP contribution is 2.32. The topological polar surface area (TPSA) is 53.3 Å². The molecule has 1 aliphatic heterocycles. The molecule has 2 aliphatic rings. The van der Waals surface area contributed by atoms with Gasteiger partial charge in [-0.3, -0.25) is 9.80 Å². The highest BCUT2D eigenvalue weighted by molar-refractivity contribution is 5.47. The van der Waals surface area contributed by atoms with E-state index in [0.717, 1.165) is 38.0 Å². The molecule has 1 saturated carbocycles. The van der Waals surface area contributed by atoms with Crippen LogP contribution in [0.5, 0.6) is 0 Å². The smallest absolute Gasteiger partial charge is 0.173 e. The molecular formula is C24H39N7. The van der Waals surface area contributed by atoms with Crippen LogP contribution in [0.25, 0.3) is 0 Å². The van der Waals surface area contributed by atoms with Crippen molar-refractivity contribution >= 4 is 5.69 Å². The Morgan fingerprint density at radius 2 is 1.58 bits per heavy atom. The molecule has 1 aliphatic carbocycles. The minimum absolute atomic E-state index is 0.0685. The summed E-state index contributed by atoms with van der Waals surface area (Å²) in [5.41, 5.74) is 2.31. The number of aromatic nitrogens is 4. The highest BCUT2D eigenvalue weighted by atomic mass is 15.6. The molecule has 4 rings (SSSR count). The third-order valence-corrected chi connectivity index (χ3v) is 6.90. The van der Waals surface area contributed by atoms with Crippen LogP contribution in [-0.4, -0.2) is 76.3 Å². The van der Waals surface area contributed by atoms with Gasteiger partial charge in [0.05, 0.1) is 11.6 Å². The maximum absolute atomic E-state index is 4.54. The fourth-order valence-corrected chi connectivity index (χ4v) is 5.13. The SMILES string of the molecule is CN(C)c1ccc([C@@H](c2nnnn2C(C)(C)C)N2CCN(C3CCCCC3)CC2)cc1. The van der Waals surface area contributed by atoms with Gasteiger partial charge in [-0.15, -0.1) is 5.10 Å².